The van der Waals surface area contributed by atoms with Crippen molar-refractivity contribution in [2.45, 2.75) is 58.5 Å². The minimum atomic E-state index is -2.54. The van der Waals surface area contributed by atoms with E-state index in [4.69, 9.17) is 0 Å². The minimum Gasteiger partial charge on any atom is -0.374 e. The summed E-state index contributed by atoms with van der Waals surface area (Å²) in [6.07, 6.45) is 2.72. The number of fused-ring (bicyclic) bond motifs is 1. The van der Waals surface area contributed by atoms with Gasteiger partial charge in [0.1, 0.15) is 23.8 Å². The molecule has 1 aliphatic carbocycles. The van der Waals surface area contributed by atoms with E-state index >= 15 is 0 Å². The first-order valence-corrected chi connectivity index (χ1v) is 12.7. The molecule has 1 aromatic carbocycles. The molecular weight excluding hydrogens is 505 g/mol. The van der Waals surface area contributed by atoms with Crippen LogP contribution in [0.5, 0.6) is 0 Å². The van der Waals surface area contributed by atoms with E-state index in [-0.39, 0.29) is 5.41 Å². The molecule has 1 aliphatic rings. The van der Waals surface area contributed by atoms with E-state index in [0.29, 0.717) is 64.2 Å². The summed E-state index contributed by atoms with van der Waals surface area (Å²) in [5.74, 6) is -0.0313. The molecule has 1 saturated carbocycles. The van der Waals surface area contributed by atoms with Gasteiger partial charge >= 0.3 is 0 Å². The zero-order chi connectivity index (χ0) is 27.9. The van der Waals surface area contributed by atoms with Crippen LogP contribution in [0.15, 0.2) is 43.0 Å². The number of halogens is 3. The second-order valence-corrected chi connectivity index (χ2v) is 11.2. The van der Waals surface area contributed by atoms with Gasteiger partial charge in [0.25, 0.3) is 6.43 Å². The number of aryl methyl sites for hydroxylation is 1. The Morgan fingerprint density at radius 1 is 1.18 bits per heavy atom. The molecule has 0 spiro atoms. The van der Waals surface area contributed by atoms with Gasteiger partial charge in [0.2, 0.25) is 5.95 Å². The molecule has 11 heteroatoms. The van der Waals surface area contributed by atoms with Gasteiger partial charge in [0.05, 0.1) is 23.3 Å². The fourth-order valence-electron chi connectivity index (χ4n) is 4.58. The number of aromatic nitrogens is 5. The Morgan fingerprint density at radius 3 is 2.59 bits per heavy atom. The van der Waals surface area contributed by atoms with Crippen molar-refractivity contribution in [1.29, 1.82) is 5.26 Å². The van der Waals surface area contributed by atoms with Gasteiger partial charge in [-0.25, -0.2) is 23.7 Å². The molecule has 0 saturated heterocycles. The van der Waals surface area contributed by atoms with Gasteiger partial charge in [-0.1, -0.05) is 26.8 Å². The number of nitrogens with one attached hydrogen (secondary N) is 2. The Labute approximate surface area is 224 Å². The van der Waals surface area contributed by atoms with Crippen molar-refractivity contribution in [2.75, 3.05) is 17.2 Å². The van der Waals surface area contributed by atoms with E-state index in [1.54, 1.807) is 25.3 Å². The lowest BCUT2D eigenvalue weighted by Crippen LogP contribution is -2.26. The third kappa shape index (κ3) is 5.24. The van der Waals surface area contributed by atoms with Gasteiger partial charge in [-0.2, -0.15) is 14.8 Å². The van der Waals surface area contributed by atoms with E-state index in [1.807, 2.05) is 6.07 Å². The van der Waals surface area contributed by atoms with Gasteiger partial charge in [0.15, 0.2) is 0 Å². The third-order valence-electron chi connectivity index (χ3n) is 6.92. The largest absolute Gasteiger partial charge is 0.374 e. The topological polar surface area (TPSA) is 104 Å². The van der Waals surface area contributed by atoms with Crippen LogP contribution in [0.4, 0.5) is 24.7 Å². The monoisotopic (exact) mass is 534 g/mol. The highest BCUT2D eigenvalue weighted by molar-refractivity contribution is 5.95. The molecule has 0 amide bonds. The molecular formula is C28H29F3N8. The number of nitrogens with zero attached hydrogens (tertiary/aromatic N) is 6. The van der Waals surface area contributed by atoms with Gasteiger partial charge < -0.3 is 10.6 Å². The van der Waals surface area contributed by atoms with Crippen LogP contribution in [-0.4, -0.2) is 37.7 Å². The summed E-state index contributed by atoms with van der Waals surface area (Å²) in [5, 5.41) is 21.6. The molecule has 0 radical (unpaired) electrons. The smallest absolute Gasteiger partial charge is 0.263 e. The van der Waals surface area contributed by atoms with Crippen molar-refractivity contribution in [3.63, 3.8) is 0 Å². The number of pyridine rings is 1. The van der Waals surface area contributed by atoms with Crippen LogP contribution in [0.25, 0.3) is 10.9 Å². The SMILES string of the molecule is Cc1nc(F)ccc1[C@H](Nc1cc(C#N)c2ncnc(NCC(C)(C)C)c2c1)c1cnn(C2(C(F)F)CC2)c1. The third-order valence-corrected chi connectivity index (χ3v) is 6.92. The molecule has 0 aliphatic heterocycles. The van der Waals surface area contributed by atoms with Crippen LogP contribution in [0.3, 0.4) is 0 Å². The summed E-state index contributed by atoms with van der Waals surface area (Å²) in [4.78, 5) is 12.7. The molecule has 8 nitrogen and oxygen atoms in total. The van der Waals surface area contributed by atoms with Gasteiger partial charge in [0, 0.05) is 40.6 Å². The van der Waals surface area contributed by atoms with E-state index in [2.05, 4.69) is 57.5 Å². The zero-order valence-corrected chi connectivity index (χ0v) is 22.1. The first kappa shape index (κ1) is 26.4. The maximum atomic E-state index is 13.9. The van der Waals surface area contributed by atoms with Crippen LogP contribution >= 0.6 is 0 Å². The molecule has 1 fully saturated rings. The highest BCUT2D eigenvalue weighted by Crippen LogP contribution is 2.48. The van der Waals surface area contributed by atoms with E-state index < -0.39 is 24.0 Å². The molecule has 4 aromatic rings. The molecule has 2 N–H and O–H groups in total. The number of rotatable bonds is 8. The second kappa shape index (κ2) is 9.84. The van der Waals surface area contributed by atoms with Gasteiger partial charge in [-0.3, -0.25) is 4.68 Å². The summed E-state index contributed by atoms with van der Waals surface area (Å²) in [6.45, 7) is 8.62. The lowest BCUT2D eigenvalue weighted by Gasteiger charge is -2.22. The lowest BCUT2D eigenvalue weighted by molar-refractivity contribution is 0.0603. The van der Waals surface area contributed by atoms with Crippen LogP contribution < -0.4 is 10.6 Å². The van der Waals surface area contributed by atoms with Crippen molar-refractivity contribution < 1.29 is 13.2 Å². The number of anilines is 2. The van der Waals surface area contributed by atoms with E-state index in [1.165, 1.54) is 23.3 Å². The highest BCUT2D eigenvalue weighted by atomic mass is 19.3. The van der Waals surface area contributed by atoms with Crippen LogP contribution in [0.2, 0.25) is 0 Å². The Bertz CT molecular complexity index is 1560. The maximum absolute atomic E-state index is 13.9. The Hall–Kier alpha value is -4.20. The predicted octanol–water partition coefficient (Wildman–Crippen LogP) is 5.95. The number of nitriles is 1. The summed E-state index contributed by atoms with van der Waals surface area (Å²) >= 11 is 0. The van der Waals surface area contributed by atoms with Crippen LogP contribution in [-0.2, 0) is 5.54 Å². The summed E-state index contributed by atoms with van der Waals surface area (Å²) in [5.41, 5.74) is 1.80. The van der Waals surface area contributed by atoms with Crippen molar-refractivity contribution in [1.82, 2.24) is 24.7 Å². The van der Waals surface area contributed by atoms with Gasteiger partial charge in [-0.15, -0.1) is 0 Å². The Balaban J connectivity index is 1.59. The molecule has 0 bridgehead atoms. The number of alkyl halides is 2. The molecule has 3 aromatic heterocycles. The maximum Gasteiger partial charge on any atom is 0.263 e. The molecule has 1 atom stereocenters. The number of benzene rings is 1. The van der Waals surface area contributed by atoms with Crippen molar-refractivity contribution in [3.05, 3.63) is 71.3 Å². The summed E-state index contributed by atoms with van der Waals surface area (Å²) < 4.78 is 42.8. The molecule has 202 valence electrons. The molecule has 5 rings (SSSR count). The van der Waals surface area contributed by atoms with Crippen LogP contribution in [0.1, 0.15) is 62.0 Å². The highest BCUT2D eigenvalue weighted by Gasteiger charge is 2.54. The average molecular weight is 535 g/mol. The average Bonchev–Trinajstić information content (AvgIpc) is 3.56. The first-order chi connectivity index (χ1) is 18.5. The standard InChI is InChI=1S/C28H29F3N8/c1-16-20(5-6-22(29)37-16)24(18-12-36-39(13-18)28(7-8-28)26(30)31)38-19-9-17(11-32)23-21(10-19)25(35-15-34-23)33-14-27(2,3)4/h5-6,9-10,12-13,15,24,26,38H,7-8,14H2,1-4H3,(H,33,34,35)/t24-/m1/s1. The van der Waals surface area contributed by atoms with Crippen molar-refractivity contribution >= 4 is 22.4 Å². The number of hydrogen-bond donors (Lipinski definition) is 2. The normalized spacial score (nSPS) is 15.3. The predicted molar refractivity (Wildman–Crippen MR) is 142 cm³/mol. The number of hydrogen-bond acceptors (Lipinski definition) is 7. The first-order valence-electron chi connectivity index (χ1n) is 12.7. The van der Waals surface area contributed by atoms with E-state index in [9.17, 15) is 18.4 Å². The molecule has 0 unspecified atom stereocenters. The Morgan fingerprint density at radius 2 is 1.95 bits per heavy atom. The Kier molecular flexibility index (Phi) is 6.66. The van der Waals surface area contributed by atoms with Crippen molar-refractivity contribution in [2.24, 2.45) is 5.41 Å². The lowest BCUT2D eigenvalue weighted by atomic mass is 9.97. The zero-order valence-electron chi connectivity index (χ0n) is 22.1. The minimum absolute atomic E-state index is 0.0132. The fraction of sp³-hybridized carbons (Fsp3) is 0.393. The summed E-state index contributed by atoms with van der Waals surface area (Å²) in [7, 11) is 0. The second-order valence-electron chi connectivity index (χ2n) is 11.2. The van der Waals surface area contributed by atoms with Crippen molar-refractivity contribution in [3.8, 4) is 6.07 Å². The van der Waals surface area contributed by atoms with Gasteiger partial charge in [-0.05, 0) is 43.4 Å². The fourth-order valence-corrected chi connectivity index (χ4v) is 4.58. The molecule has 3 heterocycles. The van der Waals surface area contributed by atoms with Crippen LogP contribution in [0, 0.1) is 29.6 Å². The molecule has 39 heavy (non-hydrogen) atoms. The van der Waals surface area contributed by atoms with E-state index in [0.717, 1.165) is 0 Å². The quantitative estimate of drug-likeness (QED) is 0.269. The summed E-state index contributed by atoms with van der Waals surface area (Å²) in [6, 6.07) is 7.98.